The summed E-state index contributed by atoms with van der Waals surface area (Å²) in [6, 6.07) is 10.6. The van der Waals surface area contributed by atoms with Crippen molar-refractivity contribution in [2.24, 2.45) is 4.99 Å². The molecule has 1 heterocycles. The van der Waals surface area contributed by atoms with E-state index in [4.69, 9.17) is 28.3 Å². The van der Waals surface area contributed by atoms with E-state index in [1.54, 1.807) is 25.2 Å². The first-order valence-corrected chi connectivity index (χ1v) is 9.98. The van der Waals surface area contributed by atoms with E-state index in [9.17, 15) is 14.4 Å². The summed E-state index contributed by atoms with van der Waals surface area (Å²) in [5.41, 5.74) is 1.08. The van der Waals surface area contributed by atoms with Gasteiger partial charge >= 0.3 is 5.97 Å². The number of hydrogen-bond donors (Lipinski definition) is 2. The van der Waals surface area contributed by atoms with Gasteiger partial charge in [-0.15, -0.1) is 0 Å². The number of rotatable bonds is 5. The molecule has 2 amide bonds. The van der Waals surface area contributed by atoms with E-state index < -0.39 is 11.2 Å². The van der Waals surface area contributed by atoms with Crippen molar-refractivity contribution in [3.05, 3.63) is 58.1 Å². The van der Waals surface area contributed by atoms with Gasteiger partial charge in [0.25, 0.3) is 0 Å². The molecule has 7 nitrogen and oxygen atoms in total. The van der Waals surface area contributed by atoms with Crippen LogP contribution in [0.2, 0.25) is 10.0 Å². The van der Waals surface area contributed by atoms with E-state index in [0.717, 1.165) is 0 Å². The Kier molecular flexibility index (Phi) is 6.46. The maximum Gasteiger partial charge on any atom is 0.335 e. The number of amides is 2. The molecule has 150 valence electrons. The van der Waals surface area contributed by atoms with Gasteiger partial charge in [0.1, 0.15) is 5.25 Å². The maximum atomic E-state index is 12.5. The molecule has 0 aromatic heterocycles. The number of nitrogens with one attached hydrogen (secondary N) is 1. The molecule has 3 rings (SSSR count). The summed E-state index contributed by atoms with van der Waals surface area (Å²) in [5.74, 6) is -1.65. The minimum Gasteiger partial charge on any atom is -0.478 e. The number of halogens is 2. The van der Waals surface area contributed by atoms with Crippen LogP contribution in [0.3, 0.4) is 0 Å². The van der Waals surface area contributed by atoms with Crippen molar-refractivity contribution in [2.75, 3.05) is 12.4 Å². The summed E-state index contributed by atoms with van der Waals surface area (Å²) in [4.78, 5) is 41.4. The number of aromatic carboxylic acids is 1. The molecular weight excluding hydrogens is 437 g/mol. The number of carbonyl (C=O) groups is 3. The molecular formula is C19H15Cl2N3O4S. The summed E-state index contributed by atoms with van der Waals surface area (Å²) >= 11 is 13.1. The van der Waals surface area contributed by atoms with E-state index in [1.807, 2.05) is 0 Å². The van der Waals surface area contributed by atoms with E-state index in [-0.39, 0.29) is 23.8 Å². The number of carboxylic acids is 1. The van der Waals surface area contributed by atoms with Crippen LogP contribution in [-0.2, 0) is 9.59 Å². The van der Waals surface area contributed by atoms with Crippen LogP contribution < -0.4 is 5.32 Å². The summed E-state index contributed by atoms with van der Waals surface area (Å²) in [7, 11) is 1.59. The SMILES string of the molecule is CN1C(=O)[C@H](CC(=O)Nc2ccc(C(=O)O)cc2)SC1=Nc1cc(Cl)cc(Cl)c1. The van der Waals surface area contributed by atoms with Crippen molar-refractivity contribution in [1.82, 2.24) is 4.90 Å². The van der Waals surface area contributed by atoms with E-state index in [2.05, 4.69) is 10.3 Å². The Hall–Kier alpha value is -2.55. The Bertz CT molecular complexity index is 991. The highest BCUT2D eigenvalue weighted by atomic mass is 35.5. The first-order chi connectivity index (χ1) is 13.7. The van der Waals surface area contributed by atoms with Crippen LogP contribution in [-0.4, -0.2) is 45.3 Å². The summed E-state index contributed by atoms with van der Waals surface area (Å²) in [5, 5.41) is 12.2. The lowest BCUT2D eigenvalue weighted by Crippen LogP contribution is -2.30. The fourth-order valence-corrected chi connectivity index (χ4v) is 4.26. The van der Waals surface area contributed by atoms with Crippen LogP contribution in [0.1, 0.15) is 16.8 Å². The zero-order valence-electron chi connectivity index (χ0n) is 15.1. The standard InChI is InChI=1S/C19H15Cl2N3O4S/c1-24-17(26)15(29-19(24)23-14-7-11(20)6-12(21)8-14)9-16(25)22-13-4-2-10(3-5-13)18(27)28/h2-8,15H,9H2,1H3,(H,22,25)(H,27,28)/t15-/m0/s1. The zero-order chi connectivity index (χ0) is 21.1. The van der Waals surface area contributed by atoms with Gasteiger partial charge in [0.05, 0.1) is 11.3 Å². The molecule has 0 radical (unpaired) electrons. The van der Waals surface area contributed by atoms with Gasteiger partial charge in [0.2, 0.25) is 11.8 Å². The number of amidine groups is 1. The highest BCUT2D eigenvalue weighted by molar-refractivity contribution is 8.15. The second kappa shape index (κ2) is 8.86. The fraction of sp³-hybridized carbons (Fsp3) is 0.158. The van der Waals surface area contributed by atoms with Crippen molar-refractivity contribution in [1.29, 1.82) is 0 Å². The van der Waals surface area contributed by atoms with Crippen LogP contribution in [0, 0.1) is 0 Å². The molecule has 1 aliphatic rings. The lowest BCUT2D eigenvalue weighted by Gasteiger charge is -2.09. The lowest BCUT2D eigenvalue weighted by atomic mass is 10.2. The number of hydrogen-bond acceptors (Lipinski definition) is 5. The number of carboxylic acid groups (broad SMARTS) is 1. The minimum absolute atomic E-state index is 0.0517. The smallest absolute Gasteiger partial charge is 0.335 e. The average Bonchev–Trinajstić information content (AvgIpc) is 2.89. The molecule has 10 heteroatoms. The monoisotopic (exact) mass is 451 g/mol. The van der Waals surface area contributed by atoms with Crippen molar-refractivity contribution in [3.63, 3.8) is 0 Å². The molecule has 2 aromatic rings. The summed E-state index contributed by atoms with van der Waals surface area (Å²) in [6.07, 6.45) is -0.0517. The maximum absolute atomic E-state index is 12.5. The van der Waals surface area contributed by atoms with Crippen LogP contribution >= 0.6 is 35.0 Å². The molecule has 2 aromatic carbocycles. The molecule has 0 bridgehead atoms. The molecule has 2 N–H and O–H groups in total. The fourth-order valence-electron chi connectivity index (χ4n) is 2.59. The van der Waals surface area contributed by atoms with Gasteiger partial charge in [-0.05, 0) is 42.5 Å². The minimum atomic E-state index is -1.05. The number of nitrogens with zero attached hydrogens (tertiary/aromatic N) is 2. The normalized spacial score (nSPS) is 17.6. The molecule has 29 heavy (non-hydrogen) atoms. The number of benzene rings is 2. The highest BCUT2D eigenvalue weighted by Crippen LogP contribution is 2.32. The predicted molar refractivity (Wildman–Crippen MR) is 114 cm³/mol. The first-order valence-electron chi connectivity index (χ1n) is 8.35. The molecule has 1 atom stereocenters. The Labute approximate surface area is 180 Å². The molecule has 0 unspecified atom stereocenters. The van der Waals surface area contributed by atoms with E-state index in [0.29, 0.717) is 26.6 Å². The van der Waals surface area contributed by atoms with Crippen LogP contribution in [0.4, 0.5) is 11.4 Å². The van der Waals surface area contributed by atoms with Crippen LogP contribution in [0.25, 0.3) is 0 Å². The Morgan fingerprint density at radius 1 is 1.17 bits per heavy atom. The van der Waals surface area contributed by atoms with Crippen LogP contribution in [0.15, 0.2) is 47.5 Å². The predicted octanol–water partition coefficient (Wildman–Crippen LogP) is 4.28. The van der Waals surface area contributed by atoms with Crippen molar-refractivity contribution < 1.29 is 19.5 Å². The first kappa shape index (κ1) is 21.2. The van der Waals surface area contributed by atoms with Gasteiger partial charge in [0, 0.05) is 29.2 Å². The van der Waals surface area contributed by atoms with Gasteiger partial charge in [-0.3, -0.25) is 14.5 Å². The molecule has 1 saturated heterocycles. The molecule has 0 aliphatic carbocycles. The third kappa shape index (κ3) is 5.29. The van der Waals surface area contributed by atoms with Crippen molar-refractivity contribution in [2.45, 2.75) is 11.7 Å². The molecule has 1 fully saturated rings. The van der Waals surface area contributed by atoms with Crippen LogP contribution in [0.5, 0.6) is 0 Å². The van der Waals surface area contributed by atoms with Crippen molar-refractivity contribution in [3.8, 4) is 0 Å². The van der Waals surface area contributed by atoms with Gasteiger partial charge in [-0.25, -0.2) is 9.79 Å². The summed E-state index contributed by atoms with van der Waals surface area (Å²) < 4.78 is 0. The summed E-state index contributed by atoms with van der Waals surface area (Å²) in [6.45, 7) is 0. The van der Waals surface area contributed by atoms with Crippen molar-refractivity contribution >= 4 is 69.3 Å². The second-order valence-electron chi connectivity index (χ2n) is 6.16. The van der Waals surface area contributed by atoms with Gasteiger partial charge in [0.15, 0.2) is 5.17 Å². The Balaban J connectivity index is 1.66. The molecule has 0 saturated carbocycles. The van der Waals surface area contributed by atoms with Gasteiger partial charge in [-0.2, -0.15) is 0 Å². The second-order valence-corrected chi connectivity index (χ2v) is 8.20. The zero-order valence-corrected chi connectivity index (χ0v) is 17.4. The highest BCUT2D eigenvalue weighted by Gasteiger charge is 2.37. The third-order valence-electron chi connectivity index (χ3n) is 4.00. The Morgan fingerprint density at radius 2 is 1.79 bits per heavy atom. The largest absolute Gasteiger partial charge is 0.478 e. The van der Waals surface area contributed by atoms with Gasteiger partial charge < -0.3 is 10.4 Å². The quantitative estimate of drug-likeness (QED) is 0.706. The number of anilines is 1. The molecule has 0 spiro atoms. The Morgan fingerprint density at radius 3 is 2.38 bits per heavy atom. The number of aliphatic imine (C=N–C) groups is 1. The lowest BCUT2D eigenvalue weighted by molar-refractivity contribution is -0.127. The number of carbonyl (C=O) groups excluding carboxylic acids is 2. The van der Waals surface area contributed by atoms with Gasteiger partial charge in [-0.1, -0.05) is 35.0 Å². The van der Waals surface area contributed by atoms with E-state index in [1.165, 1.54) is 40.9 Å². The average molecular weight is 452 g/mol. The topological polar surface area (TPSA) is 99.1 Å². The third-order valence-corrected chi connectivity index (χ3v) is 5.66. The number of thioether (sulfide) groups is 1. The molecule has 1 aliphatic heterocycles. The van der Waals surface area contributed by atoms with E-state index >= 15 is 0 Å².